The molecule has 2 aromatic rings. The lowest BCUT2D eigenvalue weighted by Gasteiger charge is -2.23. The highest BCUT2D eigenvalue weighted by Gasteiger charge is 2.41. The van der Waals surface area contributed by atoms with Crippen molar-refractivity contribution < 1.29 is 48.0 Å². The molecule has 92 heavy (non-hydrogen) atoms. The van der Waals surface area contributed by atoms with E-state index < -0.39 is 30.1 Å². The zero-order valence-corrected chi connectivity index (χ0v) is 83.9. The summed E-state index contributed by atoms with van der Waals surface area (Å²) in [5.41, 5.74) is 4.57. The van der Waals surface area contributed by atoms with Gasteiger partial charge in [0.15, 0.2) is 5.78 Å². The molecule has 0 spiro atoms. The highest BCUT2D eigenvalue weighted by atomic mass is 33.5. The Morgan fingerprint density at radius 1 is 0.413 bits per heavy atom. The van der Waals surface area contributed by atoms with Crippen molar-refractivity contribution in [3.63, 3.8) is 0 Å². The molecule has 59 heteroatoms. The van der Waals surface area contributed by atoms with Crippen LogP contribution in [0.2, 0.25) is 0 Å². The maximum Gasteiger partial charge on any atom is 0.329 e. The SMILES string of the molecule is C.COC(=O)[C@@H]1CC(=O)CN1C(=O)c1cc(C)c(C)c(OC)c1.COC(=O)[C@@H]1C[C@@H](O)CN1C(=O)c1cc(C)c(C)c(OC)c1.S=S=S=S=S=S=S=S=S=S=S=S=S=S=S=S=S=S=S=S=S=S=S=S=S=S=S=S=S=S=S=S=S=S=S=S=S=S=S=S=S=S=S=S=S=S=S. The Kier molecular flexibility index (Phi) is 68.0. The number of nitrogens with zero attached hydrogens (tertiary/aromatic N) is 2. The molecule has 2 heterocycles. The van der Waals surface area contributed by atoms with Gasteiger partial charge >= 0.3 is 11.9 Å². The number of Topliss-reactive ketones (excluding diaryl/α,β-unsaturated/α-hetero) is 1. The molecule has 2 aliphatic heterocycles. The second-order valence-corrected chi connectivity index (χ2v) is 93.5. The van der Waals surface area contributed by atoms with E-state index in [4.69, 9.17) is 36.6 Å². The van der Waals surface area contributed by atoms with Gasteiger partial charge in [-0.2, -0.15) is 0 Å². The molecule has 0 saturated carbocycles. The highest BCUT2D eigenvalue weighted by molar-refractivity contribution is 8.82. The molecule has 0 radical (unpaired) electrons. The molecule has 2 fully saturated rings. The molecule has 12 nitrogen and oxygen atoms in total. The van der Waals surface area contributed by atoms with E-state index >= 15 is 0 Å². The van der Waals surface area contributed by atoms with Gasteiger partial charge in [0.1, 0.15) is 23.6 Å². The van der Waals surface area contributed by atoms with Gasteiger partial charge in [0, 0.05) is 453 Å². The van der Waals surface area contributed by atoms with E-state index in [-0.39, 0.29) is 51.0 Å². The number of rotatable bonds is 6. The number of benzene rings is 2. The maximum absolute atomic E-state index is 12.7. The highest BCUT2D eigenvalue weighted by Crippen LogP contribution is 2.28. The molecule has 2 saturated heterocycles. The third-order valence-corrected chi connectivity index (χ3v) is 107. The average Bonchev–Trinajstić information content (AvgIpc) is 1.54. The first-order chi connectivity index (χ1) is 44.2. The number of methoxy groups -OCH3 is 4. The molecule has 0 aliphatic carbocycles. The molecular formula is C33H44N2O10S47. The molecule has 1 N–H and O–H groups in total. The van der Waals surface area contributed by atoms with E-state index in [9.17, 15) is 29.1 Å². The zero-order valence-electron chi connectivity index (χ0n) is 45.6. The van der Waals surface area contributed by atoms with Crippen molar-refractivity contribution in [2.75, 3.05) is 41.5 Å². The predicted octanol–water partition coefficient (Wildman–Crippen LogP) is 2.85. The summed E-state index contributed by atoms with van der Waals surface area (Å²) in [6, 6.07) is 5.18. The van der Waals surface area contributed by atoms with Crippen LogP contribution >= 0.6 is 0 Å². The number of aliphatic hydroxyl groups is 1. The van der Waals surface area contributed by atoms with Crippen molar-refractivity contribution in [2.45, 2.75) is 66.2 Å². The molecule has 3 atom stereocenters. The molecule has 0 bridgehead atoms. The van der Waals surface area contributed by atoms with Crippen LogP contribution in [0, 0.1) is 27.7 Å². The normalized spacial score (nSPS) is 13.1. The van der Waals surface area contributed by atoms with Crippen molar-refractivity contribution in [1.82, 2.24) is 9.80 Å². The lowest BCUT2D eigenvalue weighted by molar-refractivity contribution is -0.145. The standard InChI is InChI=1S/C16H21NO5.C16H19NO5.CH4.S47/c2*1-9-5-11(6-14(21-3)10(9)2)15(19)17-8-12(18)7-13(17)16(20)22-4;;1-3-5-7-9-11-13-15-17-19-21-23-25-27-29-31-33-35-37-39-41-43-45-47-46-44-42-40-38-36-34-32-30-28-26-24-22-20-18-16-14-12-10-8-6-4-2/h5-6,12-13,18H,7-8H2,1-4H3;5-6,13H,7-8H2,1-4H3;1H4;/t12-,13+;13-;;/m10../s1. The number of β-amino-alcohol motifs (C(OH)–C–C–N with tert-alkyl or cyclic N) is 1. The Labute approximate surface area is 671 Å². The number of aliphatic hydroxyl groups excluding tert-OH is 1. The molecule has 528 valence electrons. The lowest BCUT2D eigenvalue weighted by Crippen LogP contribution is -2.41. The van der Waals surface area contributed by atoms with E-state index in [2.05, 4.69) is 4.74 Å². The number of likely N-dealkylation sites (tertiary alicyclic amines) is 2. The Morgan fingerprint density at radius 3 is 0.913 bits per heavy atom. The summed E-state index contributed by atoms with van der Waals surface area (Å²) in [6.45, 7) is 7.63. The van der Waals surface area contributed by atoms with Crippen LogP contribution in [-0.2, 0) is 446 Å². The van der Waals surface area contributed by atoms with Crippen molar-refractivity contribution >= 4 is 452 Å². The van der Waals surface area contributed by atoms with Crippen LogP contribution in [0.25, 0.3) is 0 Å². The third kappa shape index (κ3) is 45.4. The number of amides is 2. The van der Waals surface area contributed by atoms with Crippen LogP contribution in [0.15, 0.2) is 24.3 Å². The van der Waals surface area contributed by atoms with Crippen LogP contribution in [0.4, 0.5) is 0 Å². The molecule has 2 aromatic carbocycles. The van der Waals surface area contributed by atoms with Crippen molar-refractivity contribution in [3.8, 4) is 11.5 Å². The van der Waals surface area contributed by atoms with Crippen LogP contribution in [0.5, 0.6) is 11.5 Å². The Hall–Kier alpha value is 5.89. The number of ketones is 1. The van der Waals surface area contributed by atoms with E-state index in [0.29, 0.717) is 22.6 Å². The second kappa shape index (κ2) is 65.2. The predicted molar refractivity (Wildman–Crippen MR) is 512 cm³/mol. The number of ether oxygens (including phenoxy) is 4. The molecule has 2 aliphatic rings. The minimum absolute atomic E-state index is 0. The van der Waals surface area contributed by atoms with E-state index in [1.54, 1.807) is 138 Å². The van der Waals surface area contributed by atoms with Crippen LogP contribution < -0.4 is 9.47 Å². The smallest absolute Gasteiger partial charge is 0.329 e. The summed E-state index contributed by atoms with van der Waals surface area (Å²) >= 11 is 9.62. The zero-order chi connectivity index (χ0) is 66.7. The summed E-state index contributed by atoms with van der Waals surface area (Å²) in [4.78, 5) is 63.2. The maximum atomic E-state index is 12.7. The van der Waals surface area contributed by atoms with Gasteiger partial charge in [-0.05, 0) is 74.2 Å². The fourth-order valence-electron chi connectivity index (χ4n) is 5.79. The molecule has 0 aromatic heterocycles. The first-order valence-corrected chi connectivity index (χ1v) is 83.1. The van der Waals surface area contributed by atoms with Gasteiger partial charge < -0.3 is 33.9 Å². The number of hydrogen-bond acceptors (Lipinski definition) is 12. The number of hydrogen-bond donors (Lipinski definition) is 1. The Morgan fingerprint density at radius 2 is 0.663 bits per heavy atom. The minimum Gasteiger partial charge on any atom is -0.496 e. The fraction of sp³-hybridized carbons (Fsp3) is 0.485. The number of aryl methyl sites for hydroxylation is 2. The lowest BCUT2D eigenvalue weighted by atomic mass is 10.0. The molecular weight excluding hydrogens is 2090 g/mol. The van der Waals surface area contributed by atoms with Gasteiger partial charge in [0.25, 0.3) is 11.8 Å². The number of carbonyl (C=O) groups is 5. The Bertz CT molecular complexity index is 5110. The number of carbonyl (C=O) groups excluding carboxylic acids is 5. The van der Waals surface area contributed by atoms with Gasteiger partial charge in [-0.15, -0.1) is 0 Å². The van der Waals surface area contributed by atoms with Crippen molar-refractivity contribution in [1.29, 1.82) is 0 Å². The third-order valence-electron chi connectivity index (χ3n) is 9.29. The van der Waals surface area contributed by atoms with Gasteiger partial charge in [0.05, 0.1) is 41.1 Å². The summed E-state index contributed by atoms with van der Waals surface area (Å²) in [5, 5.41) is 9.78. The quantitative estimate of drug-likeness (QED) is 0.425. The molecule has 2 amide bonds. The topological polar surface area (TPSA) is 149 Å². The van der Waals surface area contributed by atoms with Crippen LogP contribution in [0.3, 0.4) is 0 Å². The minimum atomic E-state index is -0.849. The van der Waals surface area contributed by atoms with Crippen molar-refractivity contribution in [3.05, 3.63) is 57.6 Å². The summed E-state index contributed by atoms with van der Waals surface area (Å²) < 4.78 is 19.9. The first-order valence-electron chi connectivity index (χ1n) is 21.7. The van der Waals surface area contributed by atoms with E-state index in [1.165, 1.54) is 48.9 Å². The largest absolute Gasteiger partial charge is 0.496 e. The van der Waals surface area contributed by atoms with Gasteiger partial charge in [-0.25, -0.2) is 9.59 Å². The monoisotopic (exact) mass is 2130 g/mol. The average molecular weight is 2140 g/mol. The second-order valence-electron chi connectivity index (χ2n) is 13.9. The fourth-order valence-corrected chi connectivity index (χ4v) is 124. The Balaban J connectivity index is 0.000000773. The summed E-state index contributed by atoms with van der Waals surface area (Å²) in [5.74, 6) is -0.701. The number of esters is 2. The van der Waals surface area contributed by atoms with Gasteiger partial charge in [-0.3, -0.25) is 14.4 Å². The van der Waals surface area contributed by atoms with Crippen molar-refractivity contribution in [2.24, 2.45) is 0 Å². The summed E-state index contributed by atoms with van der Waals surface area (Å²) in [6.07, 6.45) is -0.526. The first kappa shape index (κ1) is 95.9. The molecule has 0 unspecified atom stereocenters. The van der Waals surface area contributed by atoms with E-state index in [1.807, 2.05) is 303 Å². The van der Waals surface area contributed by atoms with Crippen LogP contribution in [-0.4, -0.2) is 104 Å². The van der Waals surface area contributed by atoms with E-state index in [0.717, 1.165) is 22.3 Å². The molecule has 4 rings (SSSR count). The van der Waals surface area contributed by atoms with Gasteiger partial charge in [0.2, 0.25) is 0 Å². The van der Waals surface area contributed by atoms with Crippen LogP contribution in [0.1, 0.15) is 63.2 Å². The van der Waals surface area contributed by atoms with Gasteiger partial charge in [-0.1, -0.05) is 7.43 Å². The summed E-state index contributed by atoms with van der Waals surface area (Å²) in [7, 11) is 85.8.